The number of carbonyl (C=O) groups is 1. The highest BCUT2D eigenvalue weighted by Gasteiger charge is 2.14. The molecular weight excluding hydrogens is 232 g/mol. The van der Waals surface area contributed by atoms with Gasteiger partial charge in [0.25, 0.3) is 0 Å². The molecular formula is C13H18N2O3. The van der Waals surface area contributed by atoms with Crippen molar-refractivity contribution in [3.8, 4) is 0 Å². The van der Waals surface area contributed by atoms with Crippen molar-refractivity contribution < 1.29 is 14.3 Å². The van der Waals surface area contributed by atoms with Crippen LogP contribution in [0.2, 0.25) is 0 Å². The summed E-state index contributed by atoms with van der Waals surface area (Å²) in [5.74, 6) is -0.360. The summed E-state index contributed by atoms with van der Waals surface area (Å²) in [6.45, 7) is 2.40. The first-order valence-corrected chi connectivity index (χ1v) is 6.15. The number of methoxy groups -OCH3 is 1. The van der Waals surface area contributed by atoms with E-state index in [1.165, 1.54) is 13.3 Å². The van der Waals surface area contributed by atoms with Crippen molar-refractivity contribution in [2.45, 2.75) is 25.5 Å². The van der Waals surface area contributed by atoms with Crippen LogP contribution in [0.1, 0.15) is 28.9 Å². The molecule has 2 heterocycles. The highest BCUT2D eigenvalue weighted by Crippen LogP contribution is 2.10. The highest BCUT2D eigenvalue weighted by molar-refractivity contribution is 5.88. The first-order chi connectivity index (χ1) is 8.79. The van der Waals surface area contributed by atoms with Gasteiger partial charge in [-0.2, -0.15) is 0 Å². The van der Waals surface area contributed by atoms with Gasteiger partial charge in [0.15, 0.2) is 0 Å². The van der Waals surface area contributed by atoms with Crippen molar-refractivity contribution in [2.75, 3.05) is 20.3 Å². The number of carbonyl (C=O) groups excluding carboxylic acids is 1. The van der Waals surface area contributed by atoms with Crippen LogP contribution in [-0.2, 0) is 16.0 Å². The fraction of sp³-hybridized carbons (Fsp3) is 0.538. The zero-order valence-electron chi connectivity index (χ0n) is 10.5. The third-order valence-electron chi connectivity index (χ3n) is 2.95. The van der Waals surface area contributed by atoms with Gasteiger partial charge in [-0.15, -0.1) is 0 Å². The number of pyridine rings is 1. The van der Waals surface area contributed by atoms with Crippen LogP contribution in [0.15, 0.2) is 18.3 Å². The first-order valence-electron chi connectivity index (χ1n) is 6.15. The molecule has 0 aliphatic carbocycles. The molecule has 1 saturated heterocycles. The molecule has 0 aromatic carbocycles. The molecule has 0 spiro atoms. The standard InChI is InChI=1S/C13H18N2O3/c1-17-13(16)10-4-5-11(15-7-10)8-14-9-12-3-2-6-18-12/h4-5,7,12,14H,2-3,6,8-9H2,1H3. The number of rotatable bonds is 5. The van der Waals surface area contributed by atoms with Gasteiger partial charge >= 0.3 is 5.97 Å². The first kappa shape index (κ1) is 13.0. The summed E-state index contributed by atoms with van der Waals surface area (Å²) in [5, 5.41) is 3.30. The number of esters is 1. The molecule has 0 radical (unpaired) electrons. The number of nitrogens with one attached hydrogen (secondary N) is 1. The maximum Gasteiger partial charge on any atom is 0.339 e. The molecule has 5 nitrogen and oxygen atoms in total. The molecule has 0 amide bonds. The van der Waals surface area contributed by atoms with E-state index >= 15 is 0 Å². The van der Waals surface area contributed by atoms with Crippen LogP contribution in [0.25, 0.3) is 0 Å². The van der Waals surface area contributed by atoms with E-state index in [9.17, 15) is 4.79 Å². The molecule has 1 fully saturated rings. The van der Waals surface area contributed by atoms with Gasteiger partial charge in [-0.1, -0.05) is 0 Å². The largest absolute Gasteiger partial charge is 0.465 e. The summed E-state index contributed by atoms with van der Waals surface area (Å²) in [4.78, 5) is 15.4. The number of ether oxygens (including phenoxy) is 2. The molecule has 0 bridgehead atoms. The molecule has 1 aromatic rings. The zero-order valence-corrected chi connectivity index (χ0v) is 10.5. The molecule has 1 unspecified atom stereocenters. The quantitative estimate of drug-likeness (QED) is 0.794. The van der Waals surface area contributed by atoms with Gasteiger partial charge in [0.05, 0.1) is 24.5 Å². The second-order valence-corrected chi connectivity index (χ2v) is 4.30. The lowest BCUT2D eigenvalue weighted by Gasteiger charge is -2.10. The minimum atomic E-state index is -0.360. The summed E-state index contributed by atoms with van der Waals surface area (Å²) in [6, 6.07) is 3.55. The van der Waals surface area contributed by atoms with E-state index in [0.717, 1.165) is 31.7 Å². The molecule has 1 aliphatic heterocycles. The van der Waals surface area contributed by atoms with Gasteiger partial charge < -0.3 is 14.8 Å². The number of hydrogen-bond acceptors (Lipinski definition) is 5. The predicted octanol–water partition coefficient (Wildman–Crippen LogP) is 1.14. The fourth-order valence-corrected chi connectivity index (χ4v) is 1.93. The van der Waals surface area contributed by atoms with E-state index in [1.54, 1.807) is 6.07 Å². The molecule has 1 aliphatic rings. The van der Waals surface area contributed by atoms with Gasteiger partial charge in [-0.25, -0.2) is 4.79 Å². The molecule has 5 heteroatoms. The molecule has 1 atom stereocenters. The summed E-state index contributed by atoms with van der Waals surface area (Å²) >= 11 is 0. The molecule has 1 N–H and O–H groups in total. The lowest BCUT2D eigenvalue weighted by molar-refractivity contribution is 0.0600. The van der Waals surface area contributed by atoms with E-state index < -0.39 is 0 Å². The summed E-state index contributed by atoms with van der Waals surface area (Å²) in [6.07, 6.45) is 4.15. The van der Waals surface area contributed by atoms with Crippen molar-refractivity contribution in [1.29, 1.82) is 0 Å². The topological polar surface area (TPSA) is 60.5 Å². The number of hydrogen-bond donors (Lipinski definition) is 1. The molecule has 18 heavy (non-hydrogen) atoms. The van der Waals surface area contributed by atoms with Crippen LogP contribution in [0, 0.1) is 0 Å². The number of aromatic nitrogens is 1. The van der Waals surface area contributed by atoms with E-state index in [1.807, 2.05) is 6.07 Å². The lowest BCUT2D eigenvalue weighted by atomic mass is 10.2. The van der Waals surface area contributed by atoms with Crippen molar-refractivity contribution in [2.24, 2.45) is 0 Å². The smallest absolute Gasteiger partial charge is 0.339 e. The zero-order chi connectivity index (χ0) is 12.8. The minimum Gasteiger partial charge on any atom is -0.465 e. The van der Waals surface area contributed by atoms with Crippen LogP contribution in [0.5, 0.6) is 0 Å². The molecule has 0 saturated carbocycles. The van der Waals surface area contributed by atoms with Crippen LogP contribution < -0.4 is 5.32 Å². The predicted molar refractivity (Wildman–Crippen MR) is 66.3 cm³/mol. The summed E-state index contributed by atoms with van der Waals surface area (Å²) in [5.41, 5.74) is 1.38. The van der Waals surface area contributed by atoms with Gasteiger partial charge in [-0.3, -0.25) is 4.98 Å². The minimum absolute atomic E-state index is 0.333. The normalized spacial score (nSPS) is 18.8. The van der Waals surface area contributed by atoms with Crippen molar-refractivity contribution in [3.63, 3.8) is 0 Å². The lowest BCUT2D eigenvalue weighted by Crippen LogP contribution is -2.26. The Labute approximate surface area is 107 Å². The van der Waals surface area contributed by atoms with Crippen molar-refractivity contribution >= 4 is 5.97 Å². The monoisotopic (exact) mass is 250 g/mol. The van der Waals surface area contributed by atoms with Crippen molar-refractivity contribution in [3.05, 3.63) is 29.6 Å². The molecule has 1 aromatic heterocycles. The van der Waals surface area contributed by atoms with Gasteiger partial charge in [0, 0.05) is 25.9 Å². The van der Waals surface area contributed by atoms with E-state index in [4.69, 9.17) is 4.74 Å². The van der Waals surface area contributed by atoms with Crippen LogP contribution in [0.4, 0.5) is 0 Å². The Hall–Kier alpha value is -1.46. The van der Waals surface area contributed by atoms with E-state index in [-0.39, 0.29) is 5.97 Å². The van der Waals surface area contributed by atoms with Crippen LogP contribution in [-0.4, -0.2) is 37.3 Å². The summed E-state index contributed by atoms with van der Waals surface area (Å²) in [7, 11) is 1.36. The van der Waals surface area contributed by atoms with Crippen LogP contribution in [0.3, 0.4) is 0 Å². The Morgan fingerprint density at radius 1 is 1.61 bits per heavy atom. The Kier molecular flexibility index (Phi) is 4.66. The maximum absolute atomic E-state index is 11.2. The summed E-state index contributed by atoms with van der Waals surface area (Å²) < 4.78 is 10.1. The highest BCUT2D eigenvalue weighted by atomic mass is 16.5. The average molecular weight is 250 g/mol. The Bertz CT molecular complexity index is 386. The third kappa shape index (κ3) is 3.51. The Morgan fingerprint density at radius 3 is 3.11 bits per heavy atom. The second-order valence-electron chi connectivity index (χ2n) is 4.30. The molecule has 98 valence electrons. The van der Waals surface area contributed by atoms with E-state index in [0.29, 0.717) is 18.2 Å². The maximum atomic E-state index is 11.2. The third-order valence-corrected chi connectivity index (χ3v) is 2.95. The molecule has 2 rings (SSSR count). The van der Waals surface area contributed by atoms with Gasteiger partial charge in [0.2, 0.25) is 0 Å². The van der Waals surface area contributed by atoms with Crippen molar-refractivity contribution in [1.82, 2.24) is 10.3 Å². The number of nitrogens with zero attached hydrogens (tertiary/aromatic N) is 1. The SMILES string of the molecule is COC(=O)c1ccc(CNCC2CCCO2)nc1. The van der Waals surface area contributed by atoms with Gasteiger partial charge in [0.1, 0.15) is 0 Å². The van der Waals surface area contributed by atoms with Crippen LogP contribution >= 0.6 is 0 Å². The average Bonchev–Trinajstić information content (AvgIpc) is 2.92. The van der Waals surface area contributed by atoms with Gasteiger partial charge in [-0.05, 0) is 25.0 Å². The van der Waals surface area contributed by atoms with E-state index in [2.05, 4.69) is 15.0 Å². The fourth-order valence-electron chi connectivity index (χ4n) is 1.93. The Morgan fingerprint density at radius 2 is 2.50 bits per heavy atom. The Balaban J connectivity index is 1.77. The second kappa shape index (κ2) is 6.47.